The van der Waals surface area contributed by atoms with E-state index in [1.165, 1.54) is 20.3 Å². The Kier molecular flexibility index (Phi) is 6.79. The van der Waals surface area contributed by atoms with Crippen LogP contribution in [0.4, 0.5) is 5.82 Å². The molecule has 2 aromatic heterocycles. The van der Waals surface area contributed by atoms with Gasteiger partial charge in [0.15, 0.2) is 11.4 Å². The van der Waals surface area contributed by atoms with Crippen LogP contribution in [0.1, 0.15) is 16.7 Å². The van der Waals surface area contributed by atoms with Crippen molar-refractivity contribution in [3.63, 3.8) is 0 Å². The summed E-state index contributed by atoms with van der Waals surface area (Å²) < 4.78 is 52.6. The molecule has 0 amide bonds. The zero-order valence-corrected chi connectivity index (χ0v) is 20.6. The van der Waals surface area contributed by atoms with Gasteiger partial charge in [0.25, 0.3) is 10.0 Å². The van der Waals surface area contributed by atoms with Gasteiger partial charge in [-0.25, -0.2) is 8.42 Å². The van der Waals surface area contributed by atoms with Crippen molar-refractivity contribution in [3.8, 4) is 17.2 Å². The Balaban J connectivity index is 0.00000289. The Morgan fingerprint density at radius 3 is 2.66 bits per heavy atom. The molecule has 0 bridgehead atoms. The molecule has 4 aromatic rings. The first-order valence-corrected chi connectivity index (χ1v) is 11.9. The summed E-state index contributed by atoms with van der Waals surface area (Å²) in [5, 5.41) is 8.63. The molecule has 1 aliphatic rings. The van der Waals surface area contributed by atoms with Gasteiger partial charge in [-0.2, -0.15) is 5.10 Å². The number of aromatic nitrogens is 3. The van der Waals surface area contributed by atoms with Crippen molar-refractivity contribution in [2.75, 3.05) is 25.5 Å². The van der Waals surface area contributed by atoms with Gasteiger partial charge in [-0.15, -0.1) is 12.4 Å². The molecule has 0 saturated heterocycles. The smallest absolute Gasteiger partial charge is 0.266 e. The second-order valence-electron chi connectivity index (χ2n) is 7.77. The number of methoxy groups -OCH3 is 2. The van der Waals surface area contributed by atoms with E-state index < -0.39 is 10.0 Å². The predicted octanol–water partition coefficient (Wildman–Crippen LogP) is 2.71. The average Bonchev–Trinajstić information content (AvgIpc) is 3.57. The average molecular weight is 522 g/mol. The summed E-state index contributed by atoms with van der Waals surface area (Å²) >= 11 is 0. The minimum Gasteiger partial charge on any atom is -0.496 e. The molecule has 0 atom stereocenters. The molecule has 3 N–H and O–H groups in total. The first-order valence-electron chi connectivity index (χ1n) is 10.5. The van der Waals surface area contributed by atoms with E-state index in [1.807, 2.05) is 6.20 Å². The van der Waals surface area contributed by atoms with Gasteiger partial charge < -0.3 is 24.5 Å². The maximum Gasteiger partial charge on any atom is 0.266 e. The number of sulfonamides is 1. The predicted molar refractivity (Wildman–Crippen MR) is 130 cm³/mol. The van der Waals surface area contributed by atoms with Crippen molar-refractivity contribution in [1.29, 1.82) is 0 Å². The highest BCUT2D eigenvalue weighted by molar-refractivity contribution is 7.92. The van der Waals surface area contributed by atoms with Crippen LogP contribution in [0.2, 0.25) is 0 Å². The van der Waals surface area contributed by atoms with Crippen LogP contribution < -0.4 is 24.7 Å². The number of hydrogen-bond acceptors (Lipinski definition) is 9. The second-order valence-corrected chi connectivity index (χ2v) is 9.42. The van der Waals surface area contributed by atoms with Gasteiger partial charge in [-0.3, -0.25) is 9.40 Å². The molecular weight excluding hydrogens is 498 g/mol. The number of nitrogens with one attached hydrogen (secondary N) is 1. The van der Waals surface area contributed by atoms with Crippen LogP contribution in [-0.2, 0) is 29.5 Å². The number of nitrogens with zero attached hydrogens (tertiary/aromatic N) is 3. The van der Waals surface area contributed by atoms with E-state index >= 15 is 0 Å². The van der Waals surface area contributed by atoms with Crippen molar-refractivity contribution in [1.82, 2.24) is 14.9 Å². The zero-order chi connectivity index (χ0) is 23.9. The number of rotatable bonds is 8. The summed E-state index contributed by atoms with van der Waals surface area (Å²) in [6.07, 6.45) is 4.25. The zero-order valence-electron chi connectivity index (χ0n) is 19.0. The van der Waals surface area contributed by atoms with E-state index in [4.69, 9.17) is 24.5 Å². The maximum atomic E-state index is 13.3. The third kappa shape index (κ3) is 4.59. The number of anilines is 1. The summed E-state index contributed by atoms with van der Waals surface area (Å²) in [7, 11) is -1.17. The Morgan fingerprint density at radius 2 is 1.94 bits per heavy atom. The summed E-state index contributed by atoms with van der Waals surface area (Å²) in [5.41, 5.74) is 8.65. The van der Waals surface area contributed by atoms with Gasteiger partial charge in [-0.05, 0) is 23.8 Å². The Bertz CT molecular complexity index is 1480. The van der Waals surface area contributed by atoms with Crippen molar-refractivity contribution < 1.29 is 27.2 Å². The molecule has 0 spiro atoms. The summed E-state index contributed by atoms with van der Waals surface area (Å²) in [6.45, 7) is 1.34. The largest absolute Gasteiger partial charge is 0.496 e. The van der Waals surface area contributed by atoms with Crippen LogP contribution in [0.5, 0.6) is 17.2 Å². The molecular formula is C22H24ClN5O6S. The number of ether oxygens (including phenoxy) is 3. The van der Waals surface area contributed by atoms with E-state index in [0.717, 1.165) is 16.7 Å². The lowest BCUT2D eigenvalue weighted by molar-refractivity contribution is 0.355. The molecule has 1 aliphatic heterocycles. The molecule has 35 heavy (non-hydrogen) atoms. The quantitative estimate of drug-likeness (QED) is 0.357. The first kappa shape index (κ1) is 24.6. The number of hydrogen-bond donors (Lipinski definition) is 2. The number of benzene rings is 2. The number of fused-ring (bicyclic) bond motifs is 2. The van der Waals surface area contributed by atoms with Gasteiger partial charge in [-0.1, -0.05) is 5.16 Å². The van der Waals surface area contributed by atoms with Crippen LogP contribution in [0.25, 0.3) is 11.0 Å². The molecule has 0 fully saturated rings. The molecule has 0 aliphatic carbocycles. The van der Waals surface area contributed by atoms with E-state index in [1.54, 1.807) is 29.1 Å². The van der Waals surface area contributed by atoms with Gasteiger partial charge in [0.2, 0.25) is 0 Å². The third-order valence-electron chi connectivity index (χ3n) is 5.58. The maximum absolute atomic E-state index is 13.3. The van der Waals surface area contributed by atoms with Gasteiger partial charge in [0.1, 0.15) is 27.5 Å². The lowest BCUT2D eigenvalue weighted by Crippen LogP contribution is -2.15. The topological polar surface area (TPSA) is 144 Å². The molecule has 2 aromatic carbocycles. The molecule has 0 saturated carbocycles. The molecule has 5 rings (SSSR count). The van der Waals surface area contributed by atoms with Crippen molar-refractivity contribution in [2.24, 2.45) is 5.73 Å². The van der Waals surface area contributed by atoms with E-state index in [0.29, 0.717) is 48.6 Å². The fourth-order valence-electron chi connectivity index (χ4n) is 3.93. The van der Waals surface area contributed by atoms with Crippen LogP contribution in [0.3, 0.4) is 0 Å². The van der Waals surface area contributed by atoms with Crippen LogP contribution in [-0.4, -0.2) is 44.2 Å². The van der Waals surface area contributed by atoms with Crippen molar-refractivity contribution in [2.45, 2.75) is 24.4 Å². The SMILES string of the molecule is COc1cc2c(cc1S(=O)(=O)Nc1noc3cc(Cn4cc(CN)cn4)cc(OC)c13)OCC2.Cl. The standard InChI is InChI=1S/C22H23N5O6S.ClH/c1-30-17-7-15-3-4-32-16(15)8-20(17)34(28,29)26-22-21-18(31-2)5-13(6-19(21)33-25-22)11-27-12-14(9-23)10-24-27;/h5-8,10,12H,3-4,9,11,23H2,1-2H3,(H,25,26);1H. The summed E-state index contributed by atoms with van der Waals surface area (Å²) in [6, 6.07) is 6.68. The minimum atomic E-state index is -4.08. The molecule has 0 unspecified atom stereocenters. The fourth-order valence-corrected chi connectivity index (χ4v) is 5.11. The second kappa shape index (κ2) is 9.64. The van der Waals surface area contributed by atoms with Crippen LogP contribution in [0, 0.1) is 0 Å². The Hall–Kier alpha value is -3.48. The fraction of sp³-hybridized carbons (Fsp3) is 0.273. The molecule has 3 heterocycles. The van der Waals surface area contributed by atoms with E-state index in [-0.39, 0.29) is 28.9 Å². The van der Waals surface area contributed by atoms with Crippen molar-refractivity contribution in [3.05, 3.63) is 53.3 Å². The van der Waals surface area contributed by atoms with E-state index in [2.05, 4.69) is 15.0 Å². The molecule has 0 radical (unpaired) electrons. The van der Waals surface area contributed by atoms with Crippen molar-refractivity contribution >= 4 is 39.2 Å². The molecule has 11 nitrogen and oxygen atoms in total. The molecule has 186 valence electrons. The van der Waals surface area contributed by atoms with Gasteiger partial charge >= 0.3 is 0 Å². The van der Waals surface area contributed by atoms with Gasteiger partial charge in [0, 0.05) is 36.4 Å². The summed E-state index contributed by atoms with van der Waals surface area (Å²) in [4.78, 5) is -0.0585. The molecule has 13 heteroatoms. The number of nitrogens with two attached hydrogens (primary N) is 1. The highest BCUT2D eigenvalue weighted by Gasteiger charge is 2.27. The minimum absolute atomic E-state index is 0. The highest BCUT2D eigenvalue weighted by Crippen LogP contribution is 2.38. The highest BCUT2D eigenvalue weighted by atomic mass is 35.5. The van der Waals surface area contributed by atoms with E-state index in [9.17, 15) is 8.42 Å². The Morgan fingerprint density at radius 1 is 1.14 bits per heavy atom. The summed E-state index contributed by atoms with van der Waals surface area (Å²) in [5.74, 6) is 1.15. The first-order chi connectivity index (χ1) is 16.4. The lowest BCUT2D eigenvalue weighted by atomic mass is 10.1. The monoisotopic (exact) mass is 521 g/mol. The lowest BCUT2D eigenvalue weighted by Gasteiger charge is -2.12. The normalized spacial score (nSPS) is 12.7. The third-order valence-corrected chi connectivity index (χ3v) is 6.94. The van der Waals surface area contributed by atoms with Crippen LogP contribution in [0.15, 0.2) is 46.1 Å². The van der Waals surface area contributed by atoms with Crippen LogP contribution >= 0.6 is 12.4 Å². The van der Waals surface area contributed by atoms with Gasteiger partial charge in [0.05, 0.1) is 33.6 Å². The number of halogens is 1. The Labute approximate surface area is 207 Å².